The summed E-state index contributed by atoms with van der Waals surface area (Å²) in [5.74, 6) is 1.18. The summed E-state index contributed by atoms with van der Waals surface area (Å²) in [5.41, 5.74) is 7.40. The molecule has 3 nitrogen and oxygen atoms in total. The first-order chi connectivity index (χ1) is 9.58. The largest absolute Gasteiger partial charge is 0.341 e. The summed E-state index contributed by atoms with van der Waals surface area (Å²) in [7, 11) is 0. The molecule has 0 spiro atoms. The Labute approximate surface area is 122 Å². The number of carbonyl (C=O) groups is 1. The van der Waals surface area contributed by atoms with E-state index in [1.807, 2.05) is 11.0 Å². The molecule has 1 unspecified atom stereocenters. The summed E-state index contributed by atoms with van der Waals surface area (Å²) in [6, 6.07) is 10.3. The molecule has 0 saturated carbocycles. The maximum atomic E-state index is 12.3. The highest BCUT2D eigenvalue weighted by Crippen LogP contribution is 2.28. The summed E-state index contributed by atoms with van der Waals surface area (Å²) in [6.07, 6.45) is 2.87. The topological polar surface area (TPSA) is 46.3 Å². The van der Waals surface area contributed by atoms with Crippen molar-refractivity contribution in [2.45, 2.75) is 45.1 Å². The van der Waals surface area contributed by atoms with E-state index in [-0.39, 0.29) is 11.9 Å². The lowest BCUT2D eigenvalue weighted by molar-refractivity contribution is -0.134. The van der Waals surface area contributed by atoms with Crippen LogP contribution in [0.4, 0.5) is 0 Å². The second-order valence-corrected chi connectivity index (χ2v) is 6.25. The molecule has 110 valence electrons. The van der Waals surface area contributed by atoms with Crippen molar-refractivity contribution < 1.29 is 4.79 Å². The van der Waals surface area contributed by atoms with E-state index >= 15 is 0 Å². The third-order valence-corrected chi connectivity index (χ3v) is 4.12. The predicted molar refractivity (Wildman–Crippen MR) is 82.4 cm³/mol. The van der Waals surface area contributed by atoms with Gasteiger partial charge in [0.05, 0.1) is 6.04 Å². The molecule has 0 bridgehead atoms. The number of benzene rings is 1. The van der Waals surface area contributed by atoms with Crippen LogP contribution in [0.1, 0.15) is 44.6 Å². The molecule has 2 rings (SSSR count). The molecule has 20 heavy (non-hydrogen) atoms. The van der Waals surface area contributed by atoms with Gasteiger partial charge in [0, 0.05) is 13.1 Å². The summed E-state index contributed by atoms with van der Waals surface area (Å²) in [6.45, 7) is 5.89. The van der Waals surface area contributed by atoms with Gasteiger partial charge in [-0.05, 0) is 36.7 Å². The molecule has 1 saturated heterocycles. The van der Waals surface area contributed by atoms with Crippen molar-refractivity contribution in [3.8, 4) is 0 Å². The van der Waals surface area contributed by atoms with Crippen molar-refractivity contribution >= 4 is 5.91 Å². The van der Waals surface area contributed by atoms with Gasteiger partial charge in [0.15, 0.2) is 0 Å². The van der Waals surface area contributed by atoms with E-state index in [0.29, 0.717) is 11.8 Å². The minimum absolute atomic E-state index is 0.130. The number of piperidine rings is 1. The fourth-order valence-corrected chi connectivity index (χ4v) is 3.00. The van der Waals surface area contributed by atoms with Crippen LogP contribution in [0.2, 0.25) is 0 Å². The Morgan fingerprint density at radius 3 is 2.40 bits per heavy atom. The lowest BCUT2D eigenvalue weighted by atomic mass is 9.89. The Bertz CT molecular complexity index is 422. The van der Waals surface area contributed by atoms with Crippen LogP contribution >= 0.6 is 0 Å². The van der Waals surface area contributed by atoms with E-state index in [9.17, 15) is 4.79 Å². The van der Waals surface area contributed by atoms with Gasteiger partial charge in [-0.15, -0.1) is 0 Å². The van der Waals surface area contributed by atoms with Gasteiger partial charge in [0.2, 0.25) is 5.91 Å². The van der Waals surface area contributed by atoms with Crippen molar-refractivity contribution in [2.24, 2.45) is 11.7 Å². The smallest absolute Gasteiger partial charge is 0.239 e. The summed E-state index contributed by atoms with van der Waals surface area (Å²) >= 11 is 0. The van der Waals surface area contributed by atoms with Gasteiger partial charge in [-0.25, -0.2) is 0 Å². The Balaban J connectivity index is 1.86. The zero-order valence-electron chi connectivity index (χ0n) is 12.6. The monoisotopic (exact) mass is 274 g/mol. The van der Waals surface area contributed by atoms with Crippen LogP contribution < -0.4 is 5.73 Å². The standard InChI is InChI=1S/C17H26N2O/c1-13(2)12-16(18)17(20)19-10-8-15(9-11-19)14-6-4-3-5-7-14/h3-7,13,15-16H,8-12,18H2,1-2H3. The fourth-order valence-electron chi connectivity index (χ4n) is 3.00. The number of carbonyl (C=O) groups excluding carboxylic acids is 1. The number of hydrogen-bond acceptors (Lipinski definition) is 2. The van der Waals surface area contributed by atoms with Gasteiger partial charge >= 0.3 is 0 Å². The van der Waals surface area contributed by atoms with Crippen LogP contribution in [0, 0.1) is 5.92 Å². The molecule has 1 aromatic rings. The van der Waals surface area contributed by atoms with Gasteiger partial charge in [0.1, 0.15) is 0 Å². The van der Waals surface area contributed by atoms with Crippen molar-refractivity contribution in [2.75, 3.05) is 13.1 Å². The van der Waals surface area contributed by atoms with Crippen LogP contribution in [0.25, 0.3) is 0 Å². The summed E-state index contributed by atoms with van der Waals surface area (Å²) in [4.78, 5) is 14.2. The molecule has 3 heteroatoms. The zero-order valence-corrected chi connectivity index (χ0v) is 12.6. The third kappa shape index (κ3) is 3.83. The number of hydrogen-bond donors (Lipinski definition) is 1. The molecule has 1 amide bonds. The van der Waals surface area contributed by atoms with Crippen molar-refractivity contribution in [1.29, 1.82) is 0 Å². The van der Waals surface area contributed by atoms with E-state index in [4.69, 9.17) is 5.73 Å². The van der Waals surface area contributed by atoms with E-state index in [1.165, 1.54) is 5.56 Å². The first kappa shape index (κ1) is 15.0. The molecule has 1 aliphatic heterocycles. The van der Waals surface area contributed by atoms with Gasteiger partial charge in [-0.3, -0.25) is 4.79 Å². The van der Waals surface area contributed by atoms with Crippen LogP contribution in [-0.4, -0.2) is 29.9 Å². The molecule has 0 radical (unpaired) electrons. The van der Waals surface area contributed by atoms with Gasteiger partial charge < -0.3 is 10.6 Å². The Hall–Kier alpha value is -1.35. The lowest BCUT2D eigenvalue weighted by Gasteiger charge is -2.34. The first-order valence-corrected chi connectivity index (χ1v) is 7.67. The van der Waals surface area contributed by atoms with Crippen LogP contribution in [0.3, 0.4) is 0 Å². The molecular formula is C17H26N2O. The van der Waals surface area contributed by atoms with Gasteiger partial charge in [0.25, 0.3) is 0 Å². The van der Waals surface area contributed by atoms with E-state index in [1.54, 1.807) is 0 Å². The fraction of sp³-hybridized carbons (Fsp3) is 0.588. The second kappa shape index (κ2) is 6.89. The number of nitrogens with two attached hydrogens (primary N) is 1. The Morgan fingerprint density at radius 1 is 1.25 bits per heavy atom. The maximum absolute atomic E-state index is 12.3. The number of rotatable bonds is 4. The zero-order chi connectivity index (χ0) is 14.5. The number of amides is 1. The van der Waals surface area contributed by atoms with Crippen LogP contribution in [0.15, 0.2) is 30.3 Å². The highest BCUT2D eigenvalue weighted by molar-refractivity contribution is 5.81. The molecule has 1 atom stereocenters. The third-order valence-electron chi connectivity index (χ3n) is 4.12. The van der Waals surface area contributed by atoms with Crippen molar-refractivity contribution in [3.63, 3.8) is 0 Å². The van der Waals surface area contributed by atoms with E-state index in [0.717, 1.165) is 32.4 Å². The maximum Gasteiger partial charge on any atom is 0.239 e. The van der Waals surface area contributed by atoms with Crippen molar-refractivity contribution in [3.05, 3.63) is 35.9 Å². The minimum atomic E-state index is -0.330. The lowest BCUT2D eigenvalue weighted by Crippen LogP contribution is -2.47. The highest BCUT2D eigenvalue weighted by atomic mass is 16.2. The van der Waals surface area contributed by atoms with Gasteiger partial charge in [-0.2, -0.15) is 0 Å². The van der Waals surface area contributed by atoms with Gasteiger partial charge in [-0.1, -0.05) is 44.2 Å². The molecule has 2 N–H and O–H groups in total. The Morgan fingerprint density at radius 2 is 1.85 bits per heavy atom. The Kier molecular flexibility index (Phi) is 5.18. The average molecular weight is 274 g/mol. The van der Waals surface area contributed by atoms with E-state index < -0.39 is 0 Å². The predicted octanol–water partition coefficient (Wildman–Crippen LogP) is 2.77. The average Bonchev–Trinajstić information content (AvgIpc) is 2.47. The molecule has 0 aromatic heterocycles. The molecule has 1 fully saturated rings. The van der Waals surface area contributed by atoms with Crippen LogP contribution in [0.5, 0.6) is 0 Å². The van der Waals surface area contributed by atoms with Crippen molar-refractivity contribution in [1.82, 2.24) is 4.90 Å². The highest BCUT2D eigenvalue weighted by Gasteiger charge is 2.27. The normalized spacial score (nSPS) is 18.3. The molecule has 1 heterocycles. The molecule has 1 aliphatic rings. The summed E-state index contributed by atoms with van der Waals surface area (Å²) < 4.78 is 0. The molecule has 1 aromatic carbocycles. The molecular weight excluding hydrogens is 248 g/mol. The first-order valence-electron chi connectivity index (χ1n) is 7.67. The summed E-state index contributed by atoms with van der Waals surface area (Å²) in [5, 5.41) is 0. The van der Waals surface area contributed by atoms with E-state index in [2.05, 4.69) is 38.1 Å². The SMILES string of the molecule is CC(C)CC(N)C(=O)N1CCC(c2ccccc2)CC1. The minimum Gasteiger partial charge on any atom is -0.341 e. The van der Waals surface area contributed by atoms with Crippen LogP contribution in [-0.2, 0) is 4.79 Å². The number of likely N-dealkylation sites (tertiary alicyclic amines) is 1. The molecule has 0 aliphatic carbocycles. The number of nitrogens with zero attached hydrogens (tertiary/aromatic N) is 1. The quantitative estimate of drug-likeness (QED) is 0.917. The second-order valence-electron chi connectivity index (χ2n) is 6.25.